The van der Waals surface area contributed by atoms with Crippen LogP contribution in [0.2, 0.25) is 0 Å². The Bertz CT molecular complexity index is 1450. The maximum atomic E-state index is 13.6. The van der Waals surface area contributed by atoms with Crippen LogP contribution in [-0.2, 0) is 0 Å². The Kier molecular flexibility index (Phi) is 4.91. The number of ether oxygens (including phenoxy) is 1. The third kappa shape index (κ3) is 3.39. The van der Waals surface area contributed by atoms with Crippen molar-refractivity contribution in [1.82, 2.24) is 19.1 Å². The molecule has 0 bridgehead atoms. The lowest BCUT2D eigenvalue weighted by Gasteiger charge is -2.09. The van der Waals surface area contributed by atoms with Gasteiger partial charge in [-0.3, -0.25) is 4.57 Å². The average Bonchev–Trinajstić information content (AvgIpc) is 3.12. The first-order valence-corrected chi connectivity index (χ1v) is 10.2. The summed E-state index contributed by atoms with van der Waals surface area (Å²) in [5.74, 6) is 1.44. The first-order chi connectivity index (χ1) is 15.7. The number of anilines is 1. The largest absolute Gasteiger partial charge is 0.457 e. The third-order valence-electron chi connectivity index (χ3n) is 5.33. The highest BCUT2D eigenvalue weighted by Gasteiger charge is 2.18. The first kappa shape index (κ1) is 19.6. The molecule has 158 valence electrons. The molecule has 0 spiro atoms. The number of hydrogen-bond acceptors (Lipinski definition) is 5. The fraction of sp³-hybridized carbons (Fsp3) is 0.0800. The summed E-state index contributed by atoms with van der Waals surface area (Å²) in [6, 6.07) is 22.8. The molecule has 0 saturated heterocycles. The molecule has 1 N–H and O–H groups in total. The summed E-state index contributed by atoms with van der Waals surface area (Å²) in [5.41, 5.74) is 4.43. The number of hydrogen-bond donors (Lipinski definition) is 1. The van der Waals surface area contributed by atoms with E-state index in [-0.39, 0.29) is 5.69 Å². The maximum absolute atomic E-state index is 13.6. The van der Waals surface area contributed by atoms with Gasteiger partial charge in [-0.15, -0.1) is 0 Å². The van der Waals surface area contributed by atoms with E-state index in [1.54, 1.807) is 15.3 Å². The number of aryl methyl sites for hydroxylation is 1. The summed E-state index contributed by atoms with van der Waals surface area (Å²) in [6.07, 6.45) is 3.11. The van der Waals surface area contributed by atoms with E-state index in [1.807, 2.05) is 86.8 Å². The molecule has 2 aromatic heterocycles. The van der Waals surface area contributed by atoms with Gasteiger partial charge in [-0.25, -0.2) is 19.3 Å². The molecule has 0 aliphatic heterocycles. The van der Waals surface area contributed by atoms with Gasteiger partial charge in [-0.05, 0) is 61.0 Å². The van der Waals surface area contributed by atoms with Gasteiger partial charge in [0.05, 0.1) is 17.6 Å². The van der Waals surface area contributed by atoms with Crippen LogP contribution in [-0.4, -0.2) is 26.1 Å². The lowest BCUT2D eigenvalue weighted by molar-refractivity contribution is 0.482. The minimum atomic E-state index is -0.219. The van der Waals surface area contributed by atoms with Gasteiger partial charge in [0.1, 0.15) is 23.3 Å². The van der Waals surface area contributed by atoms with Crippen LogP contribution < -0.4 is 15.7 Å². The molecule has 3 aromatic carbocycles. The van der Waals surface area contributed by atoms with E-state index >= 15 is 0 Å². The van der Waals surface area contributed by atoms with Crippen molar-refractivity contribution >= 4 is 16.9 Å². The number of aromatic nitrogens is 4. The lowest BCUT2D eigenvalue weighted by Crippen LogP contribution is -2.22. The van der Waals surface area contributed by atoms with Crippen LogP contribution in [0.1, 0.15) is 5.56 Å². The van der Waals surface area contributed by atoms with E-state index in [2.05, 4.69) is 15.3 Å². The number of imidazole rings is 1. The second-order valence-electron chi connectivity index (χ2n) is 7.34. The predicted octanol–water partition coefficient (Wildman–Crippen LogP) is 4.71. The number of para-hydroxylation sites is 1. The van der Waals surface area contributed by atoms with Crippen molar-refractivity contribution in [1.29, 1.82) is 0 Å². The molecule has 32 heavy (non-hydrogen) atoms. The van der Waals surface area contributed by atoms with E-state index in [0.717, 1.165) is 22.7 Å². The smallest absolute Gasteiger partial charge is 0.339 e. The highest BCUT2D eigenvalue weighted by Crippen LogP contribution is 2.25. The molecular formula is C25H21N5O2. The zero-order valence-corrected chi connectivity index (χ0v) is 17.7. The molecule has 7 heteroatoms. The normalized spacial score (nSPS) is 10.9. The van der Waals surface area contributed by atoms with E-state index in [4.69, 9.17) is 4.74 Å². The van der Waals surface area contributed by atoms with Crippen molar-refractivity contribution in [3.8, 4) is 22.9 Å². The van der Waals surface area contributed by atoms with Crippen LogP contribution in [0.25, 0.3) is 22.5 Å². The number of rotatable bonds is 5. The van der Waals surface area contributed by atoms with Gasteiger partial charge in [0.25, 0.3) is 0 Å². The van der Waals surface area contributed by atoms with Crippen molar-refractivity contribution in [2.75, 3.05) is 12.4 Å². The zero-order valence-electron chi connectivity index (χ0n) is 17.7. The number of nitrogens with zero attached hydrogens (tertiary/aromatic N) is 4. The van der Waals surface area contributed by atoms with E-state index in [9.17, 15) is 4.79 Å². The molecule has 0 radical (unpaired) electrons. The standard InChI is InChI=1S/C25H21N5O2/c1-17-8-9-19(14-22(17)26-2)30-24-23(15-27-16-28-24)29(25(30)31)18-10-12-21(13-11-18)32-20-6-4-3-5-7-20/h3-16,26H,1-2H3. The molecular weight excluding hydrogens is 402 g/mol. The summed E-state index contributed by atoms with van der Waals surface area (Å²) in [4.78, 5) is 22.1. The molecule has 5 rings (SSSR count). The number of fused-ring (bicyclic) bond motifs is 1. The third-order valence-corrected chi connectivity index (χ3v) is 5.33. The van der Waals surface area contributed by atoms with Crippen molar-refractivity contribution in [3.05, 3.63) is 101 Å². The Balaban J connectivity index is 1.61. The van der Waals surface area contributed by atoms with E-state index in [0.29, 0.717) is 22.6 Å². The maximum Gasteiger partial charge on any atom is 0.339 e. The molecule has 0 aliphatic rings. The second kappa shape index (κ2) is 8.03. The Labute approximate surface area is 184 Å². The van der Waals surface area contributed by atoms with Gasteiger partial charge < -0.3 is 10.1 Å². The number of benzene rings is 3. The fourth-order valence-corrected chi connectivity index (χ4v) is 3.73. The molecule has 0 fully saturated rings. The molecule has 0 saturated carbocycles. The van der Waals surface area contributed by atoms with Crippen LogP contribution >= 0.6 is 0 Å². The SMILES string of the molecule is CNc1cc(-n2c(=O)n(-c3ccc(Oc4ccccc4)cc3)c3cncnc32)ccc1C. The van der Waals surface area contributed by atoms with Gasteiger partial charge in [-0.2, -0.15) is 0 Å². The monoisotopic (exact) mass is 423 g/mol. The molecule has 7 nitrogen and oxygen atoms in total. The minimum absolute atomic E-state index is 0.219. The number of nitrogens with one attached hydrogen (secondary N) is 1. The lowest BCUT2D eigenvalue weighted by atomic mass is 10.2. The molecule has 0 unspecified atom stereocenters. The van der Waals surface area contributed by atoms with E-state index in [1.165, 1.54) is 6.33 Å². The van der Waals surface area contributed by atoms with Crippen LogP contribution in [0.15, 0.2) is 90.1 Å². The molecule has 0 amide bonds. The highest BCUT2D eigenvalue weighted by molar-refractivity contribution is 5.76. The second-order valence-corrected chi connectivity index (χ2v) is 7.34. The Morgan fingerprint density at radius 2 is 1.59 bits per heavy atom. The van der Waals surface area contributed by atoms with Crippen LogP contribution in [0.4, 0.5) is 5.69 Å². The van der Waals surface area contributed by atoms with Crippen LogP contribution in [0, 0.1) is 6.92 Å². The van der Waals surface area contributed by atoms with Crippen molar-refractivity contribution in [2.45, 2.75) is 6.92 Å². The molecule has 2 heterocycles. The fourth-order valence-electron chi connectivity index (χ4n) is 3.73. The first-order valence-electron chi connectivity index (χ1n) is 10.2. The molecule has 0 atom stereocenters. The summed E-state index contributed by atoms with van der Waals surface area (Å²) < 4.78 is 9.09. The van der Waals surface area contributed by atoms with Crippen molar-refractivity contribution in [3.63, 3.8) is 0 Å². The van der Waals surface area contributed by atoms with Crippen molar-refractivity contribution < 1.29 is 4.74 Å². The Morgan fingerprint density at radius 1 is 0.875 bits per heavy atom. The highest BCUT2D eigenvalue weighted by atomic mass is 16.5. The minimum Gasteiger partial charge on any atom is -0.457 e. The molecule has 0 aliphatic carbocycles. The topological polar surface area (TPSA) is 74.0 Å². The van der Waals surface area contributed by atoms with Gasteiger partial charge in [-0.1, -0.05) is 24.3 Å². The zero-order chi connectivity index (χ0) is 22.1. The Hall–Kier alpha value is -4.39. The Morgan fingerprint density at radius 3 is 2.34 bits per heavy atom. The van der Waals surface area contributed by atoms with Gasteiger partial charge in [0, 0.05) is 12.7 Å². The van der Waals surface area contributed by atoms with Crippen LogP contribution in [0.5, 0.6) is 11.5 Å². The van der Waals surface area contributed by atoms with E-state index < -0.39 is 0 Å². The van der Waals surface area contributed by atoms with Crippen molar-refractivity contribution in [2.24, 2.45) is 0 Å². The van der Waals surface area contributed by atoms with Crippen LogP contribution in [0.3, 0.4) is 0 Å². The average molecular weight is 423 g/mol. The van der Waals surface area contributed by atoms with Gasteiger partial charge in [0.2, 0.25) is 0 Å². The summed E-state index contributed by atoms with van der Waals surface area (Å²) in [7, 11) is 1.86. The summed E-state index contributed by atoms with van der Waals surface area (Å²) >= 11 is 0. The quantitative estimate of drug-likeness (QED) is 0.443. The summed E-state index contributed by atoms with van der Waals surface area (Å²) in [5, 5.41) is 3.17. The molecule has 5 aromatic rings. The summed E-state index contributed by atoms with van der Waals surface area (Å²) in [6.45, 7) is 2.02. The predicted molar refractivity (Wildman–Crippen MR) is 125 cm³/mol. The van der Waals surface area contributed by atoms with Gasteiger partial charge >= 0.3 is 5.69 Å². The van der Waals surface area contributed by atoms with Gasteiger partial charge in [0.15, 0.2) is 5.65 Å².